The van der Waals surface area contributed by atoms with Crippen molar-refractivity contribution >= 4 is 0 Å². The average Bonchev–Trinajstić information content (AvgIpc) is 2.26. The van der Waals surface area contributed by atoms with Crippen LogP contribution in [0.5, 0.6) is 11.5 Å². The summed E-state index contributed by atoms with van der Waals surface area (Å²) in [7, 11) is 0. The Balaban J connectivity index is 2.16. The van der Waals surface area contributed by atoms with Crippen LogP contribution in [-0.2, 0) is 0 Å². The van der Waals surface area contributed by atoms with Gasteiger partial charge in [-0.05, 0) is 31.5 Å². The molecular formula is C13H18FNO2. The maximum absolute atomic E-state index is 14.0. The summed E-state index contributed by atoms with van der Waals surface area (Å²) in [5.74, 6) is 1.30. The van der Waals surface area contributed by atoms with Crippen LogP contribution in [0, 0.1) is 0 Å². The van der Waals surface area contributed by atoms with Crippen LogP contribution in [0.1, 0.15) is 32.0 Å². The third-order valence-corrected chi connectivity index (χ3v) is 2.63. The number of hydrogen-bond acceptors (Lipinski definition) is 3. The van der Waals surface area contributed by atoms with Crippen LogP contribution in [-0.4, -0.2) is 18.8 Å². The second kappa shape index (κ2) is 4.53. The Labute approximate surface area is 101 Å². The van der Waals surface area contributed by atoms with Crippen LogP contribution in [0.3, 0.4) is 0 Å². The molecule has 2 rings (SSSR count). The molecule has 1 aromatic rings. The van der Waals surface area contributed by atoms with Gasteiger partial charge in [0.25, 0.3) is 0 Å². The quantitative estimate of drug-likeness (QED) is 0.881. The smallest absolute Gasteiger partial charge is 0.161 e. The minimum atomic E-state index is -1.08. The van der Waals surface area contributed by atoms with E-state index in [2.05, 4.69) is 0 Å². The molecule has 94 valence electrons. The molecule has 1 heterocycles. The lowest BCUT2D eigenvalue weighted by Crippen LogP contribution is -2.33. The summed E-state index contributed by atoms with van der Waals surface area (Å²) < 4.78 is 24.8. The van der Waals surface area contributed by atoms with E-state index in [0.29, 0.717) is 30.3 Å². The zero-order valence-electron chi connectivity index (χ0n) is 10.2. The first-order valence-corrected chi connectivity index (χ1v) is 5.78. The van der Waals surface area contributed by atoms with E-state index in [0.717, 1.165) is 0 Å². The molecule has 1 aliphatic heterocycles. The average molecular weight is 239 g/mol. The summed E-state index contributed by atoms with van der Waals surface area (Å²) in [6, 6.07) is 5.18. The number of ether oxygens (including phenoxy) is 2. The first kappa shape index (κ1) is 12.2. The standard InChI is InChI=1S/C13H18FNO2/c1-13(2,15)8-10(14)9-3-4-11-12(7-9)17-6-5-16-11/h3-4,7,10H,5-6,8,15H2,1-2H3. The molecule has 4 heteroatoms. The Bertz CT molecular complexity index is 401. The number of rotatable bonds is 3. The Morgan fingerprint density at radius 2 is 1.94 bits per heavy atom. The summed E-state index contributed by atoms with van der Waals surface area (Å²) in [6.45, 7) is 4.69. The normalized spacial score (nSPS) is 16.7. The fraction of sp³-hybridized carbons (Fsp3) is 0.538. The van der Waals surface area contributed by atoms with E-state index < -0.39 is 11.7 Å². The number of fused-ring (bicyclic) bond motifs is 1. The van der Waals surface area contributed by atoms with Gasteiger partial charge in [0.2, 0.25) is 0 Å². The molecule has 2 N–H and O–H groups in total. The summed E-state index contributed by atoms with van der Waals surface area (Å²) in [5, 5.41) is 0. The molecule has 1 aromatic carbocycles. The van der Waals surface area contributed by atoms with Crippen molar-refractivity contribution in [3.8, 4) is 11.5 Å². The third kappa shape index (κ3) is 3.09. The summed E-state index contributed by atoms with van der Waals surface area (Å²) in [4.78, 5) is 0. The molecule has 0 aliphatic carbocycles. The van der Waals surface area contributed by atoms with Gasteiger partial charge in [-0.15, -0.1) is 0 Å². The first-order valence-electron chi connectivity index (χ1n) is 5.78. The zero-order valence-corrected chi connectivity index (χ0v) is 10.2. The molecule has 0 bridgehead atoms. The molecule has 1 unspecified atom stereocenters. The molecule has 0 saturated carbocycles. The highest BCUT2D eigenvalue weighted by Gasteiger charge is 2.22. The molecule has 0 amide bonds. The maximum atomic E-state index is 14.0. The van der Waals surface area contributed by atoms with E-state index in [4.69, 9.17) is 15.2 Å². The van der Waals surface area contributed by atoms with Gasteiger partial charge < -0.3 is 15.2 Å². The zero-order chi connectivity index (χ0) is 12.5. The van der Waals surface area contributed by atoms with Gasteiger partial charge in [0.05, 0.1) is 0 Å². The highest BCUT2D eigenvalue weighted by atomic mass is 19.1. The molecule has 17 heavy (non-hydrogen) atoms. The monoisotopic (exact) mass is 239 g/mol. The van der Waals surface area contributed by atoms with Crippen molar-refractivity contribution < 1.29 is 13.9 Å². The molecule has 0 spiro atoms. The fourth-order valence-corrected chi connectivity index (χ4v) is 1.83. The molecule has 3 nitrogen and oxygen atoms in total. The molecule has 0 saturated heterocycles. The van der Waals surface area contributed by atoms with Gasteiger partial charge in [0, 0.05) is 12.0 Å². The number of halogens is 1. The number of hydrogen-bond donors (Lipinski definition) is 1. The van der Waals surface area contributed by atoms with Gasteiger partial charge in [0.1, 0.15) is 19.4 Å². The van der Waals surface area contributed by atoms with Gasteiger partial charge >= 0.3 is 0 Å². The lowest BCUT2D eigenvalue weighted by atomic mass is 9.95. The lowest BCUT2D eigenvalue weighted by molar-refractivity contribution is 0.170. The van der Waals surface area contributed by atoms with Gasteiger partial charge in [-0.1, -0.05) is 6.07 Å². The van der Waals surface area contributed by atoms with Crippen LogP contribution >= 0.6 is 0 Å². The van der Waals surface area contributed by atoms with Crippen LogP contribution in [0.15, 0.2) is 18.2 Å². The minimum Gasteiger partial charge on any atom is -0.486 e. The van der Waals surface area contributed by atoms with Crippen molar-refractivity contribution in [3.63, 3.8) is 0 Å². The van der Waals surface area contributed by atoms with Crippen molar-refractivity contribution in [2.45, 2.75) is 32.0 Å². The van der Waals surface area contributed by atoms with Crippen molar-refractivity contribution in [2.75, 3.05) is 13.2 Å². The van der Waals surface area contributed by atoms with E-state index in [1.165, 1.54) is 0 Å². The Kier molecular flexibility index (Phi) is 3.24. The molecule has 1 atom stereocenters. The second-order valence-electron chi connectivity index (χ2n) is 5.06. The Morgan fingerprint density at radius 1 is 1.29 bits per heavy atom. The molecule has 1 aliphatic rings. The molecule has 0 aromatic heterocycles. The van der Waals surface area contributed by atoms with E-state index in [1.54, 1.807) is 18.2 Å². The van der Waals surface area contributed by atoms with Crippen LogP contribution in [0.4, 0.5) is 4.39 Å². The first-order chi connectivity index (χ1) is 7.96. The van der Waals surface area contributed by atoms with Gasteiger partial charge in [-0.25, -0.2) is 4.39 Å². The van der Waals surface area contributed by atoms with Crippen molar-refractivity contribution in [3.05, 3.63) is 23.8 Å². The predicted octanol–water partition coefficient (Wildman–Crippen LogP) is 2.60. The number of nitrogens with two attached hydrogens (primary N) is 1. The van der Waals surface area contributed by atoms with E-state index in [-0.39, 0.29) is 6.42 Å². The predicted molar refractivity (Wildman–Crippen MR) is 64.2 cm³/mol. The van der Waals surface area contributed by atoms with Crippen LogP contribution in [0.2, 0.25) is 0 Å². The SMILES string of the molecule is CC(C)(N)CC(F)c1ccc2c(c1)OCCO2. The number of benzene rings is 1. The summed E-state index contributed by atoms with van der Waals surface area (Å²) in [6.07, 6.45) is -0.794. The summed E-state index contributed by atoms with van der Waals surface area (Å²) in [5.41, 5.74) is 5.88. The van der Waals surface area contributed by atoms with Crippen LogP contribution < -0.4 is 15.2 Å². The second-order valence-corrected chi connectivity index (χ2v) is 5.06. The van der Waals surface area contributed by atoms with Gasteiger partial charge in [-0.2, -0.15) is 0 Å². The maximum Gasteiger partial charge on any atom is 0.161 e. The molecule has 0 fully saturated rings. The van der Waals surface area contributed by atoms with Crippen molar-refractivity contribution in [2.24, 2.45) is 5.73 Å². The van der Waals surface area contributed by atoms with Crippen LogP contribution in [0.25, 0.3) is 0 Å². The topological polar surface area (TPSA) is 44.5 Å². The van der Waals surface area contributed by atoms with Crippen molar-refractivity contribution in [1.29, 1.82) is 0 Å². The molecule has 0 radical (unpaired) electrons. The van der Waals surface area contributed by atoms with Crippen molar-refractivity contribution in [1.82, 2.24) is 0 Å². The Morgan fingerprint density at radius 3 is 2.59 bits per heavy atom. The number of alkyl halides is 1. The summed E-state index contributed by atoms with van der Waals surface area (Å²) >= 11 is 0. The lowest BCUT2D eigenvalue weighted by Gasteiger charge is -2.23. The van der Waals surface area contributed by atoms with E-state index in [9.17, 15) is 4.39 Å². The highest BCUT2D eigenvalue weighted by molar-refractivity contribution is 5.44. The largest absolute Gasteiger partial charge is 0.486 e. The Hall–Kier alpha value is -1.29. The minimum absolute atomic E-state index is 0.284. The van der Waals surface area contributed by atoms with E-state index in [1.807, 2.05) is 13.8 Å². The van der Waals surface area contributed by atoms with Gasteiger partial charge in [-0.3, -0.25) is 0 Å². The molecular weight excluding hydrogens is 221 g/mol. The highest BCUT2D eigenvalue weighted by Crippen LogP contribution is 2.35. The van der Waals surface area contributed by atoms with Gasteiger partial charge in [0.15, 0.2) is 11.5 Å². The fourth-order valence-electron chi connectivity index (χ4n) is 1.83. The van der Waals surface area contributed by atoms with E-state index >= 15 is 0 Å². The third-order valence-electron chi connectivity index (χ3n) is 2.63.